The molecule has 2 aromatic carbocycles. The largest absolute Gasteiger partial charge is 0.507 e. The van der Waals surface area contributed by atoms with E-state index in [1.807, 2.05) is 42.5 Å². The summed E-state index contributed by atoms with van der Waals surface area (Å²) in [5.41, 5.74) is 1.87. The van der Waals surface area contributed by atoms with Crippen molar-refractivity contribution in [2.45, 2.75) is 6.54 Å². The van der Waals surface area contributed by atoms with Crippen LogP contribution in [-0.4, -0.2) is 12.2 Å². The normalized spacial score (nSPS) is 9.94. The zero-order valence-electron chi connectivity index (χ0n) is 9.68. The van der Waals surface area contributed by atoms with Crippen molar-refractivity contribution in [1.29, 1.82) is 0 Å². The maximum Gasteiger partial charge on any atom is 0.124 e. The van der Waals surface area contributed by atoms with Gasteiger partial charge in [0, 0.05) is 23.9 Å². The van der Waals surface area contributed by atoms with Gasteiger partial charge in [-0.05, 0) is 24.3 Å². The first kappa shape index (κ1) is 11.3. The van der Waals surface area contributed by atoms with Gasteiger partial charge in [-0.3, -0.25) is 0 Å². The number of hydrogen-bond acceptors (Lipinski definition) is 3. The highest BCUT2D eigenvalue weighted by Gasteiger charge is 2.02. The lowest BCUT2D eigenvalue weighted by atomic mass is 10.2. The highest BCUT2D eigenvalue weighted by atomic mass is 16.5. The van der Waals surface area contributed by atoms with Crippen molar-refractivity contribution < 1.29 is 9.84 Å². The SMILES string of the molecule is COc1ccc(CNc2ccccc2)c(O)c1. The number of phenolic OH excluding ortho intramolecular Hbond substituents is 1. The zero-order valence-corrected chi connectivity index (χ0v) is 9.68. The Labute approximate surface area is 101 Å². The third-order valence-corrected chi connectivity index (χ3v) is 2.55. The Bertz CT molecular complexity index is 483. The Hall–Kier alpha value is -2.16. The molecule has 0 amide bonds. The van der Waals surface area contributed by atoms with Crippen molar-refractivity contribution in [2.24, 2.45) is 0 Å². The Morgan fingerprint density at radius 2 is 1.88 bits per heavy atom. The molecule has 0 saturated heterocycles. The molecule has 0 aromatic heterocycles. The van der Waals surface area contributed by atoms with Crippen LogP contribution < -0.4 is 10.1 Å². The molecule has 0 fully saturated rings. The fraction of sp³-hybridized carbons (Fsp3) is 0.143. The van der Waals surface area contributed by atoms with Crippen LogP contribution in [-0.2, 0) is 6.54 Å². The maximum absolute atomic E-state index is 9.78. The third kappa shape index (κ3) is 2.91. The molecule has 0 spiro atoms. The van der Waals surface area contributed by atoms with E-state index < -0.39 is 0 Å². The van der Waals surface area contributed by atoms with Crippen LogP contribution in [0.4, 0.5) is 5.69 Å². The topological polar surface area (TPSA) is 41.5 Å². The summed E-state index contributed by atoms with van der Waals surface area (Å²) in [6.07, 6.45) is 0. The van der Waals surface area contributed by atoms with Gasteiger partial charge in [0.05, 0.1) is 7.11 Å². The molecule has 2 aromatic rings. The van der Waals surface area contributed by atoms with Gasteiger partial charge in [0.1, 0.15) is 11.5 Å². The number of para-hydroxylation sites is 1. The zero-order chi connectivity index (χ0) is 12.1. The highest BCUT2D eigenvalue weighted by Crippen LogP contribution is 2.24. The summed E-state index contributed by atoms with van der Waals surface area (Å²) in [5, 5.41) is 13.0. The van der Waals surface area contributed by atoms with Crippen molar-refractivity contribution in [3.8, 4) is 11.5 Å². The highest BCUT2D eigenvalue weighted by molar-refractivity contribution is 5.46. The second-order valence-corrected chi connectivity index (χ2v) is 3.71. The van der Waals surface area contributed by atoms with Gasteiger partial charge < -0.3 is 15.2 Å². The van der Waals surface area contributed by atoms with Gasteiger partial charge >= 0.3 is 0 Å². The summed E-state index contributed by atoms with van der Waals surface area (Å²) in [7, 11) is 1.58. The Kier molecular flexibility index (Phi) is 3.50. The molecule has 17 heavy (non-hydrogen) atoms. The first-order valence-electron chi connectivity index (χ1n) is 5.44. The third-order valence-electron chi connectivity index (χ3n) is 2.55. The van der Waals surface area contributed by atoms with E-state index in [1.165, 1.54) is 0 Å². The molecule has 0 bridgehead atoms. The van der Waals surface area contributed by atoms with Gasteiger partial charge in [0.15, 0.2) is 0 Å². The first-order chi connectivity index (χ1) is 8.29. The fourth-order valence-electron chi connectivity index (χ4n) is 1.57. The van der Waals surface area contributed by atoms with Crippen LogP contribution in [0.3, 0.4) is 0 Å². The lowest BCUT2D eigenvalue weighted by Gasteiger charge is -2.09. The van der Waals surface area contributed by atoms with E-state index in [0.717, 1.165) is 11.3 Å². The molecule has 0 heterocycles. The van der Waals surface area contributed by atoms with Gasteiger partial charge in [0.25, 0.3) is 0 Å². The Morgan fingerprint density at radius 3 is 2.53 bits per heavy atom. The van der Waals surface area contributed by atoms with Crippen molar-refractivity contribution in [3.63, 3.8) is 0 Å². The number of hydrogen-bond donors (Lipinski definition) is 2. The van der Waals surface area contributed by atoms with Gasteiger partial charge in [0.2, 0.25) is 0 Å². The number of nitrogens with one attached hydrogen (secondary N) is 1. The second-order valence-electron chi connectivity index (χ2n) is 3.71. The number of methoxy groups -OCH3 is 1. The van der Waals surface area contributed by atoms with Crippen molar-refractivity contribution >= 4 is 5.69 Å². The van der Waals surface area contributed by atoms with E-state index in [9.17, 15) is 5.11 Å². The fourth-order valence-corrected chi connectivity index (χ4v) is 1.57. The molecule has 88 valence electrons. The molecule has 2 rings (SSSR count). The van der Waals surface area contributed by atoms with Crippen molar-refractivity contribution in [1.82, 2.24) is 0 Å². The minimum absolute atomic E-state index is 0.243. The molecular weight excluding hydrogens is 214 g/mol. The quantitative estimate of drug-likeness (QED) is 0.846. The summed E-state index contributed by atoms with van der Waals surface area (Å²) in [5.74, 6) is 0.902. The number of anilines is 1. The predicted octanol–water partition coefficient (Wildman–Crippen LogP) is 3.01. The van der Waals surface area contributed by atoms with Crippen LogP contribution in [0.5, 0.6) is 11.5 Å². The average Bonchev–Trinajstić information content (AvgIpc) is 2.38. The Balaban J connectivity index is 2.04. The molecule has 0 unspecified atom stereocenters. The van der Waals surface area contributed by atoms with E-state index in [4.69, 9.17) is 4.74 Å². The van der Waals surface area contributed by atoms with Crippen LogP contribution in [0.2, 0.25) is 0 Å². The minimum atomic E-state index is 0.243. The molecule has 0 aliphatic heterocycles. The first-order valence-corrected chi connectivity index (χ1v) is 5.44. The molecule has 3 heteroatoms. The monoisotopic (exact) mass is 229 g/mol. The van der Waals surface area contributed by atoms with Gasteiger partial charge in [-0.25, -0.2) is 0 Å². The standard InChI is InChI=1S/C14H15NO2/c1-17-13-8-7-11(14(16)9-13)10-15-12-5-3-2-4-6-12/h2-9,15-16H,10H2,1H3. The maximum atomic E-state index is 9.78. The summed E-state index contributed by atoms with van der Waals surface area (Å²) in [6, 6.07) is 15.2. The lowest BCUT2D eigenvalue weighted by molar-refractivity contribution is 0.406. The lowest BCUT2D eigenvalue weighted by Crippen LogP contribution is -1.99. The van der Waals surface area contributed by atoms with Crippen molar-refractivity contribution in [3.05, 3.63) is 54.1 Å². The summed E-state index contributed by atoms with van der Waals surface area (Å²) in [4.78, 5) is 0. The van der Waals surface area contributed by atoms with Gasteiger partial charge in [-0.1, -0.05) is 18.2 Å². The average molecular weight is 229 g/mol. The minimum Gasteiger partial charge on any atom is -0.507 e. The summed E-state index contributed by atoms with van der Waals surface area (Å²) >= 11 is 0. The summed E-state index contributed by atoms with van der Waals surface area (Å²) < 4.78 is 5.03. The van der Waals surface area contributed by atoms with Crippen LogP contribution in [0.1, 0.15) is 5.56 Å². The van der Waals surface area contributed by atoms with Crippen LogP contribution in [0, 0.1) is 0 Å². The number of benzene rings is 2. The molecule has 2 N–H and O–H groups in total. The molecular formula is C14H15NO2. The molecule has 0 atom stereocenters. The number of aromatic hydroxyl groups is 1. The van der Waals surface area contributed by atoms with E-state index in [1.54, 1.807) is 13.2 Å². The molecule has 0 saturated carbocycles. The van der Waals surface area contributed by atoms with Crippen LogP contribution in [0.15, 0.2) is 48.5 Å². The number of ether oxygens (including phenoxy) is 1. The van der Waals surface area contributed by atoms with Crippen molar-refractivity contribution in [2.75, 3.05) is 12.4 Å². The number of phenols is 1. The smallest absolute Gasteiger partial charge is 0.124 e. The molecule has 0 radical (unpaired) electrons. The van der Waals surface area contributed by atoms with Crippen LogP contribution in [0.25, 0.3) is 0 Å². The van der Waals surface area contributed by atoms with Crippen LogP contribution >= 0.6 is 0 Å². The van der Waals surface area contributed by atoms with Gasteiger partial charge in [-0.15, -0.1) is 0 Å². The van der Waals surface area contributed by atoms with Gasteiger partial charge in [-0.2, -0.15) is 0 Å². The van der Waals surface area contributed by atoms with E-state index >= 15 is 0 Å². The molecule has 3 nitrogen and oxygen atoms in total. The summed E-state index contributed by atoms with van der Waals surface area (Å²) in [6.45, 7) is 0.583. The predicted molar refractivity (Wildman–Crippen MR) is 68.4 cm³/mol. The molecule has 0 aliphatic rings. The second kappa shape index (κ2) is 5.25. The van der Waals surface area contributed by atoms with E-state index in [2.05, 4.69) is 5.32 Å². The van der Waals surface area contributed by atoms with E-state index in [0.29, 0.717) is 12.3 Å². The van der Waals surface area contributed by atoms with E-state index in [-0.39, 0.29) is 5.75 Å². The Morgan fingerprint density at radius 1 is 1.12 bits per heavy atom. The molecule has 0 aliphatic carbocycles. The number of rotatable bonds is 4.